The van der Waals surface area contributed by atoms with Crippen molar-refractivity contribution in [3.63, 3.8) is 0 Å². The maximum absolute atomic E-state index is 9.74. The van der Waals surface area contributed by atoms with E-state index in [1.54, 1.807) is 0 Å². The number of pyridine rings is 1. The number of aromatic nitrogens is 2. The molecule has 0 amide bonds. The maximum Gasteiger partial charge on any atom is 0.113 e. The number of hydrogen-bond donors (Lipinski definition) is 2. The van der Waals surface area contributed by atoms with Gasteiger partial charge in [0.15, 0.2) is 0 Å². The van der Waals surface area contributed by atoms with Crippen molar-refractivity contribution in [1.82, 2.24) is 9.38 Å². The fourth-order valence-electron chi connectivity index (χ4n) is 1.73. The molecular formula is C11H15N3O. The van der Waals surface area contributed by atoms with Gasteiger partial charge < -0.3 is 15.2 Å². The van der Waals surface area contributed by atoms with Crippen LogP contribution in [0.2, 0.25) is 0 Å². The summed E-state index contributed by atoms with van der Waals surface area (Å²) in [5.74, 6) is 0.952. The minimum absolute atomic E-state index is 0.199. The molecule has 15 heavy (non-hydrogen) atoms. The molecule has 2 aromatic rings. The van der Waals surface area contributed by atoms with E-state index >= 15 is 0 Å². The van der Waals surface area contributed by atoms with Crippen LogP contribution in [0.5, 0.6) is 0 Å². The van der Waals surface area contributed by atoms with Crippen LogP contribution in [-0.2, 0) is 6.42 Å². The fourth-order valence-corrected chi connectivity index (χ4v) is 1.73. The lowest BCUT2D eigenvalue weighted by Crippen LogP contribution is -2.12. The number of hydrogen-bond acceptors (Lipinski definition) is 3. The molecule has 0 aliphatic rings. The van der Waals surface area contributed by atoms with Crippen LogP contribution in [0, 0.1) is 0 Å². The Morgan fingerprint density at radius 3 is 3.00 bits per heavy atom. The van der Waals surface area contributed by atoms with Gasteiger partial charge in [0, 0.05) is 19.2 Å². The summed E-state index contributed by atoms with van der Waals surface area (Å²) < 4.78 is 1.99. The molecule has 1 atom stereocenters. The van der Waals surface area contributed by atoms with E-state index in [-0.39, 0.29) is 6.54 Å². The van der Waals surface area contributed by atoms with Crippen molar-refractivity contribution in [3.05, 3.63) is 35.9 Å². The van der Waals surface area contributed by atoms with E-state index in [4.69, 9.17) is 5.73 Å². The minimum Gasteiger partial charge on any atom is -0.385 e. The van der Waals surface area contributed by atoms with Gasteiger partial charge in [-0.05, 0) is 12.1 Å². The molecular weight excluding hydrogens is 190 g/mol. The van der Waals surface area contributed by atoms with Crippen molar-refractivity contribution in [3.8, 4) is 0 Å². The second kappa shape index (κ2) is 4.00. The first-order chi connectivity index (χ1) is 7.27. The third-order valence-corrected chi connectivity index (χ3v) is 2.51. The highest BCUT2D eigenvalue weighted by molar-refractivity contribution is 5.54. The van der Waals surface area contributed by atoms with Crippen LogP contribution in [0.25, 0.3) is 5.52 Å². The third kappa shape index (κ3) is 1.62. The maximum atomic E-state index is 9.74. The van der Waals surface area contributed by atoms with E-state index in [0.717, 1.165) is 17.8 Å². The normalized spacial score (nSPS) is 13.3. The number of fused-ring (bicyclic) bond motifs is 1. The van der Waals surface area contributed by atoms with Gasteiger partial charge in [-0.2, -0.15) is 0 Å². The van der Waals surface area contributed by atoms with Gasteiger partial charge in [-0.3, -0.25) is 0 Å². The molecule has 4 heteroatoms. The van der Waals surface area contributed by atoms with Crippen molar-refractivity contribution < 1.29 is 5.11 Å². The van der Waals surface area contributed by atoms with Crippen LogP contribution in [0.3, 0.4) is 0 Å². The summed E-state index contributed by atoms with van der Waals surface area (Å²) >= 11 is 0. The van der Waals surface area contributed by atoms with Crippen LogP contribution in [-0.4, -0.2) is 21.0 Å². The zero-order valence-corrected chi connectivity index (χ0v) is 8.72. The molecule has 2 heterocycles. The molecule has 0 aromatic carbocycles. The summed E-state index contributed by atoms with van der Waals surface area (Å²) in [6.45, 7) is 2.24. The van der Waals surface area contributed by atoms with Crippen molar-refractivity contribution in [2.75, 3.05) is 6.54 Å². The SMILES string of the molecule is CCc1nc(C(O)CN)c2ccccn12. The molecule has 0 aliphatic carbocycles. The first-order valence-corrected chi connectivity index (χ1v) is 5.12. The molecule has 0 saturated carbocycles. The van der Waals surface area contributed by atoms with Gasteiger partial charge in [-0.25, -0.2) is 4.98 Å². The van der Waals surface area contributed by atoms with Crippen molar-refractivity contribution in [1.29, 1.82) is 0 Å². The summed E-state index contributed by atoms with van der Waals surface area (Å²) in [6.07, 6.45) is 2.11. The number of rotatable bonds is 3. The molecule has 0 fully saturated rings. The largest absolute Gasteiger partial charge is 0.385 e. The molecule has 4 nitrogen and oxygen atoms in total. The molecule has 2 rings (SSSR count). The monoisotopic (exact) mass is 205 g/mol. The molecule has 0 saturated heterocycles. The zero-order valence-electron chi connectivity index (χ0n) is 8.72. The van der Waals surface area contributed by atoms with Crippen LogP contribution in [0.4, 0.5) is 0 Å². The standard InChI is InChI=1S/C11H15N3O/c1-2-10-13-11(9(15)7-12)8-5-3-4-6-14(8)10/h3-6,9,15H,2,7,12H2,1H3. The first kappa shape index (κ1) is 10.1. The highest BCUT2D eigenvalue weighted by Crippen LogP contribution is 2.19. The molecule has 2 aromatic heterocycles. The van der Waals surface area contributed by atoms with Crippen molar-refractivity contribution in [2.45, 2.75) is 19.4 Å². The van der Waals surface area contributed by atoms with Gasteiger partial charge in [0.25, 0.3) is 0 Å². The highest BCUT2D eigenvalue weighted by atomic mass is 16.3. The minimum atomic E-state index is -0.678. The lowest BCUT2D eigenvalue weighted by Gasteiger charge is -2.03. The Morgan fingerprint density at radius 1 is 1.53 bits per heavy atom. The Kier molecular flexibility index (Phi) is 2.70. The Bertz CT molecular complexity index is 464. The van der Waals surface area contributed by atoms with E-state index < -0.39 is 6.10 Å². The Labute approximate surface area is 88.4 Å². The first-order valence-electron chi connectivity index (χ1n) is 5.12. The number of nitrogens with zero attached hydrogens (tertiary/aromatic N) is 2. The Hall–Kier alpha value is -1.39. The summed E-state index contributed by atoms with van der Waals surface area (Å²) in [6, 6.07) is 5.83. The van der Waals surface area contributed by atoms with Gasteiger partial charge in [0.1, 0.15) is 11.9 Å². The topological polar surface area (TPSA) is 63.5 Å². The average Bonchev–Trinajstić information content (AvgIpc) is 2.67. The number of aliphatic hydroxyl groups excluding tert-OH is 1. The quantitative estimate of drug-likeness (QED) is 0.782. The van der Waals surface area contributed by atoms with Crippen LogP contribution < -0.4 is 5.73 Å². The van der Waals surface area contributed by atoms with E-state index in [9.17, 15) is 5.11 Å². The third-order valence-electron chi connectivity index (χ3n) is 2.51. The zero-order chi connectivity index (χ0) is 10.8. The van der Waals surface area contributed by atoms with Crippen LogP contribution >= 0.6 is 0 Å². The van der Waals surface area contributed by atoms with E-state index in [0.29, 0.717) is 5.69 Å². The molecule has 80 valence electrons. The molecule has 0 bridgehead atoms. The molecule has 0 spiro atoms. The second-order valence-corrected chi connectivity index (χ2v) is 3.47. The summed E-state index contributed by atoms with van der Waals surface area (Å²) in [5, 5.41) is 9.74. The van der Waals surface area contributed by atoms with Crippen molar-refractivity contribution >= 4 is 5.52 Å². The smallest absolute Gasteiger partial charge is 0.113 e. The lowest BCUT2D eigenvalue weighted by molar-refractivity contribution is 0.184. The number of nitrogens with two attached hydrogens (primary N) is 1. The fraction of sp³-hybridized carbons (Fsp3) is 0.364. The van der Waals surface area contributed by atoms with E-state index in [1.165, 1.54) is 0 Å². The number of imidazole rings is 1. The molecule has 3 N–H and O–H groups in total. The van der Waals surface area contributed by atoms with Gasteiger partial charge in [0.2, 0.25) is 0 Å². The Balaban J connectivity index is 2.65. The average molecular weight is 205 g/mol. The van der Waals surface area contributed by atoms with Crippen LogP contribution in [0.15, 0.2) is 24.4 Å². The van der Waals surface area contributed by atoms with Gasteiger partial charge in [0.05, 0.1) is 11.2 Å². The van der Waals surface area contributed by atoms with Gasteiger partial charge in [-0.1, -0.05) is 13.0 Å². The Morgan fingerprint density at radius 2 is 2.33 bits per heavy atom. The van der Waals surface area contributed by atoms with Crippen LogP contribution in [0.1, 0.15) is 24.5 Å². The molecule has 1 unspecified atom stereocenters. The molecule has 0 aliphatic heterocycles. The summed E-state index contributed by atoms with van der Waals surface area (Å²) in [7, 11) is 0. The second-order valence-electron chi connectivity index (χ2n) is 3.47. The number of aliphatic hydroxyl groups is 1. The highest BCUT2D eigenvalue weighted by Gasteiger charge is 2.15. The predicted octanol–water partition coefficient (Wildman–Crippen LogP) is 0.889. The van der Waals surface area contributed by atoms with E-state index in [2.05, 4.69) is 4.98 Å². The summed E-state index contributed by atoms with van der Waals surface area (Å²) in [5.41, 5.74) is 7.06. The van der Waals surface area contributed by atoms with Gasteiger partial charge >= 0.3 is 0 Å². The summed E-state index contributed by atoms with van der Waals surface area (Å²) in [4.78, 5) is 4.41. The predicted molar refractivity (Wildman–Crippen MR) is 58.6 cm³/mol. The molecule has 0 radical (unpaired) electrons. The van der Waals surface area contributed by atoms with Crippen molar-refractivity contribution in [2.24, 2.45) is 5.73 Å². The lowest BCUT2D eigenvalue weighted by atomic mass is 10.2. The van der Waals surface area contributed by atoms with Gasteiger partial charge in [-0.15, -0.1) is 0 Å². The van der Waals surface area contributed by atoms with E-state index in [1.807, 2.05) is 35.7 Å². The number of aryl methyl sites for hydroxylation is 1.